The van der Waals surface area contributed by atoms with E-state index in [2.05, 4.69) is 6.92 Å². The first kappa shape index (κ1) is 25.7. The van der Waals surface area contributed by atoms with Crippen molar-refractivity contribution in [2.75, 3.05) is 6.61 Å². The standard InChI is InChI=1S/C25H44O4/c1-2-3-4-5-6-7-8-9-10-11-12-13-14-15-16-22-28-24(26)20-21-25(27)29-23-18-17-19-23/h20-21,23H,2-19,22H2,1H3/b21-20+. The van der Waals surface area contributed by atoms with Crippen molar-refractivity contribution < 1.29 is 19.1 Å². The van der Waals surface area contributed by atoms with E-state index in [0.29, 0.717) is 6.61 Å². The molecule has 1 fully saturated rings. The molecule has 1 saturated carbocycles. The maximum absolute atomic E-state index is 11.5. The van der Waals surface area contributed by atoms with Crippen LogP contribution in [0.5, 0.6) is 0 Å². The lowest BCUT2D eigenvalue weighted by atomic mass is 9.96. The van der Waals surface area contributed by atoms with E-state index in [1.54, 1.807) is 0 Å². The molecule has 0 saturated heterocycles. The monoisotopic (exact) mass is 408 g/mol. The summed E-state index contributed by atoms with van der Waals surface area (Å²) in [4.78, 5) is 23.0. The zero-order valence-electron chi connectivity index (χ0n) is 18.8. The summed E-state index contributed by atoms with van der Waals surface area (Å²) >= 11 is 0. The molecule has 0 amide bonds. The van der Waals surface area contributed by atoms with Crippen LogP contribution in [-0.4, -0.2) is 24.6 Å². The van der Waals surface area contributed by atoms with Crippen molar-refractivity contribution in [3.8, 4) is 0 Å². The van der Waals surface area contributed by atoms with Crippen LogP contribution in [0.2, 0.25) is 0 Å². The van der Waals surface area contributed by atoms with Gasteiger partial charge in [0.1, 0.15) is 6.10 Å². The Kier molecular flexibility index (Phi) is 16.6. The predicted molar refractivity (Wildman–Crippen MR) is 119 cm³/mol. The highest BCUT2D eigenvalue weighted by Crippen LogP contribution is 2.21. The first-order chi connectivity index (χ1) is 14.2. The molecule has 0 radical (unpaired) electrons. The van der Waals surface area contributed by atoms with Gasteiger partial charge in [-0.1, -0.05) is 96.8 Å². The van der Waals surface area contributed by atoms with Crippen LogP contribution in [0, 0.1) is 0 Å². The Balaban J connectivity index is 1.77. The summed E-state index contributed by atoms with van der Waals surface area (Å²) < 4.78 is 10.3. The average Bonchev–Trinajstić information content (AvgIpc) is 2.69. The molecule has 1 aliphatic carbocycles. The third kappa shape index (κ3) is 16.2. The Morgan fingerprint density at radius 3 is 1.59 bits per heavy atom. The molecule has 0 atom stereocenters. The summed E-state index contributed by atoms with van der Waals surface area (Å²) in [7, 11) is 0. The number of hydrogen-bond acceptors (Lipinski definition) is 4. The van der Waals surface area contributed by atoms with E-state index in [9.17, 15) is 9.59 Å². The number of carbonyl (C=O) groups excluding carboxylic acids is 2. The topological polar surface area (TPSA) is 52.6 Å². The van der Waals surface area contributed by atoms with E-state index in [0.717, 1.165) is 32.1 Å². The van der Waals surface area contributed by atoms with Crippen molar-refractivity contribution >= 4 is 11.9 Å². The number of hydrogen-bond donors (Lipinski definition) is 0. The van der Waals surface area contributed by atoms with Gasteiger partial charge in [-0.25, -0.2) is 9.59 Å². The lowest BCUT2D eigenvalue weighted by Gasteiger charge is -2.24. The minimum Gasteiger partial charge on any atom is -0.463 e. The zero-order chi connectivity index (χ0) is 21.0. The van der Waals surface area contributed by atoms with Gasteiger partial charge in [0.2, 0.25) is 0 Å². The van der Waals surface area contributed by atoms with Crippen molar-refractivity contribution in [3.05, 3.63) is 12.2 Å². The predicted octanol–water partition coefficient (Wildman–Crippen LogP) is 7.05. The molecular formula is C25H44O4. The average molecular weight is 409 g/mol. The number of carbonyl (C=O) groups is 2. The number of rotatable bonds is 19. The van der Waals surface area contributed by atoms with Crippen molar-refractivity contribution in [1.29, 1.82) is 0 Å². The molecule has 0 heterocycles. The molecule has 29 heavy (non-hydrogen) atoms. The fourth-order valence-electron chi connectivity index (χ4n) is 3.52. The Morgan fingerprint density at radius 2 is 1.14 bits per heavy atom. The maximum Gasteiger partial charge on any atom is 0.331 e. The smallest absolute Gasteiger partial charge is 0.331 e. The van der Waals surface area contributed by atoms with Crippen LogP contribution >= 0.6 is 0 Å². The van der Waals surface area contributed by atoms with Crippen LogP contribution in [0.3, 0.4) is 0 Å². The lowest BCUT2D eigenvalue weighted by Crippen LogP contribution is -2.24. The maximum atomic E-state index is 11.5. The molecule has 0 bridgehead atoms. The molecule has 4 heteroatoms. The Morgan fingerprint density at radius 1 is 0.690 bits per heavy atom. The minimum absolute atomic E-state index is 0.0449. The highest BCUT2D eigenvalue weighted by atomic mass is 16.5. The van der Waals surface area contributed by atoms with Crippen LogP contribution in [0.4, 0.5) is 0 Å². The molecule has 0 aromatic carbocycles. The van der Waals surface area contributed by atoms with Crippen LogP contribution in [0.25, 0.3) is 0 Å². The van der Waals surface area contributed by atoms with Gasteiger partial charge >= 0.3 is 11.9 Å². The molecule has 1 aliphatic rings. The molecule has 0 aliphatic heterocycles. The van der Waals surface area contributed by atoms with Gasteiger partial charge in [0.25, 0.3) is 0 Å². The molecule has 168 valence electrons. The largest absolute Gasteiger partial charge is 0.463 e. The quantitative estimate of drug-likeness (QED) is 0.130. The van der Waals surface area contributed by atoms with Gasteiger partial charge < -0.3 is 9.47 Å². The van der Waals surface area contributed by atoms with Crippen LogP contribution in [0.15, 0.2) is 12.2 Å². The van der Waals surface area contributed by atoms with Crippen molar-refractivity contribution in [3.63, 3.8) is 0 Å². The zero-order valence-corrected chi connectivity index (χ0v) is 18.8. The summed E-state index contributed by atoms with van der Waals surface area (Å²) in [5.41, 5.74) is 0. The summed E-state index contributed by atoms with van der Waals surface area (Å²) in [6.07, 6.45) is 25.1. The van der Waals surface area contributed by atoms with E-state index in [4.69, 9.17) is 9.47 Å². The fraction of sp³-hybridized carbons (Fsp3) is 0.840. The van der Waals surface area contributed by atoms with Gasteiger partial charge in [0, 0.05) is 12.2 Å². The summed E-state index contributed by atoms with van der Waals surface area (Å²) in [6, 6.07) is 0. The lowest BCUT2D eigenvalue weighted by molar-refractivity contribution is -0.147. The molecule has 4 nitrogen and oxygen atoms in total. The van der Waals surface area contributed by atoms with E-state index < -0.39 is 11.9 Å². The Hall–Kier alpha value is -1.32. The van der Waals surface area contributed by atoms with Gasteiger partial charge in [-0.2, -0.15) is 0 Å². The second-order valence-corrected chi connectivity index (χ2v) is 8.44. The van der Waals surface area contributed by atoms with Crippen molar-refractivity contribution in [1.82, 2.24) is 0 Å². The van der Waals surface area contributed by atoms with Crippen LogP contribution in [0.1, 0.15) is 122 Å². The molecule has 0 aromatic rings. The molecule has 1 rings (SSSR count). The van der Waals surface area contributed by atoms with E-state index in [1.165, 1.54) is 95.6 Å². The molecule has 0 N–H and O–H groups in total. The summed E-state index contributed by atoms with van der Waals surface area (Å²) in [5.74, 6) is -0.903. The van der Waals surface area contributed by atoms with E-state index in [1.807, 2.05) is 0 Å². The first-order valence-corrected chi connectivity index (χ1v) is 12.3. The van der Waals surface area contributed by atoms with Crippen molar-refractivity contribution in [2.45, 2.75) is 129 Å². The van der Waals surface area contributed by atoms with Gasteiger partial charge in [0.15, 0.2) is 0 Å². The van der Waals surface area contributed by atoms with Crippen LogP contribution in [-0.2, 0) is 19.1 Å². The summed E-state index contributed by atoms with van der Waals surface area (Å²) in [6.45, 7) is 2.70. The Bertz CT molecular complexity index is 440. The molecular weight excluding hydrogens is 364 g/mol. The highest BCUT2D eigenvalue weighted by Gasteiger charge is 2.20. The van der Waals surface area contributed by atoms with E-state index in [-0.39, 0.29) is 6.10 Å². The van der Waals surface area contributed by atoms with E-state index >= 15 is 0 Å². The van der Waals surface area contributed by atoms with Gasteiger partial charge in [0.05, 0.1) is 6.61 Å². The third-order valence-corrected chi connectivity index (χ3v) is 5.68. The van der Waals surface area contributed by atoms with Gasteiger partial charge in [-0.05, 0) is 25.7 Å². The summed E-state index contributed by atoms with van der Waals surface area (Å²) in [5, 5.41) is 0. The number of esters is 2. The fourth-order valence-corrected chi connectivity index (χ4v) is 3.52. The molecule has 0 spiro atoms. The molecule has 0 unspecified atom stereocenters. The SMILES string of the molecule is CCCCCCCCCCCCCCCCCOC(=O)/C=C/C(=O)OC1CCC1. The van der Waals surface area contributed by atoms with Gasteiger partial charge in [-0.3, -0.25) is 0 Å². The minimum atomic E-state index is -0.457. The normalized spacial score (nSPS) is 14.1. The number of ether oxygens (including phenoxy) is 2. The second kappa shape index (κ2) is 18.7. The van der Waals surface area contributed by atoms with Crippen LogP contribution < -0.4 is 0 Å². The van der Waals surface area contributed by atoms with Gasteiger partial charge in [-0.15, -0.1) is 0 Å². The number of unbranched alkanes of at least 4 members (excludes halogenated alkanes) is 14. The Labute approximate surface area is 178 Å². The van der Waals surface area contributed by atoms with Crippen molar-refractivity contribution in [2.24, 2.45) is 0 Å². The second-order valence-electron chi connectivity index (χ2n) is 8.44. The molecule has 0 aromatic heterocycles. The third-order valence-electron chi connectivity index (χ3n) is 5.68. The highest BCUT2D eigenvalue weighted by molar-refractivity contribution is 5.91. The first-order valence-electron chi connectivity index (χ1n) is 12.3.